The number of piperidine rings is 4. The molecule has 3 atom stereocenters. The predicted octanol–water partition coefficient (Wildman–Crippen LogP) is 5.74. The van der Waals surface area contributed by atoms with Crippen LogP contribution in [-0.2, 0) is 34.5 Å². The minimum Gasteiger partial charge on any atom is -1.00 e. The summed E-state index contributed by atoms with van der Waals surface area (Å²) < 4.78 is 196. The van der Waals surface area contributed by atoms with Crippen LogP contribution in [0, 0.1) is 0 Å². The fourth-order valence-corrected chi connectivity index (χ4v) is 19.1. The second-order valence-corrected chi connectivity index (χ2v) is 35.4. The number of primary amides is 4. The van der Waals surface area contributed by atoms with E-state index in [9.17, 15) is 86.0 Å². The summed E-state index contributed by atoms with van der Waals surface area (Å²) in [6, 6.07) is 16.8. The number of rotatable bonds is 21. The zero-order valence-corrected chi connectivity index (χ0v) is 77.0. The number of ether oxygens (including phenoxy) is 7. The molecule has 16 heterocycles. The Hall–Kier alpha value is -9.96. The normalized spacial score (nSPS) is 17.0. The molecule has 10 aromatic heterocycles. The number of anilines is 8. The summed E-state index contributed by atoms with van der Waals surface area (Å²) in [7, 11) is -1.28. The predicted molar refractivity (Wildman–Crippen MR) is 471 cm³/mol. The first-order valence-electron chi connectivity index (χ1n) is 40.2. The van der Waals surface area contributed by atoms with Crippen molar-refractivity contribution in [1.29, 1.82) is 0 Å². The Kier molecular flexibility index (Phi) is 35.7. The Bertz CT molecular complexity index is 5730. The van der Waals surface area contributed by atoms with Crippen LogP contribution in [0.15, 0.2) is 78.0 Å². The number of fused-ring (bicyclic) bond motifs is 4. The van der Waals surface area contributed by atoms with Gasteiger partial charge >= 0.3 is 54.3 Å². The van der Waals surface area contributed by atoms with Gasteiger partial charge in [0.1, 0.15) is 104 Å². The second-order valence-electron chi connectivity index (χ2n) is 30.1. The number of thiophene rings is 4. The number of aliphatic hydroxyl groups is 3. The maximum Gasteiger partial charge on any atom is 1.00 e. The van der Waals surface area contributed by atoms with Crippen LogP contribution >= 0.6 is 45.3 Å². The molecule has 2 spiro atoms. The number of hydrogen-bond donors (Lipinski definition) is 13. The van der Waals surface area contributed by atoms with Crippen molar-refractivity contribution in [2.75, 3.05) is 167 Å². The molecule has 10 aromatic rings. The average Bonchev–Trinajstić information content (AvgIpc) is 1.54. The van der Waals surface area contributed by atoms with Gasteiger partial charge < -0.3 is 126 Å². The number of carbonyl (C=O) groups excluding carboxylic acids is 5. The minimum absolute atomic E-state index is 0. The van der Waals surface area contributed by atoms with Gasteiger partial charge in [-0.3, -0.25) is 38.1 Å². The number of nitrogens with one attached hydrogen (secondary N) is 1. The van der Waals surface area contributed by atoms with Crippen molar-refractivity contribution in [3.63, 3.8) is 0 Å². The van der Waals surface area contributed by atoms with Gasteiger partial charge in [-0.15, -0.1) is 45.3 Å². The number of carbonyl (C=O) groups is 5. The minimum atomic E-state index is -4.54. The molecule has 720 valence electrons. The molecule has 3 unspecified atom stereocenters. The van der Waals surface area contributed by atoms with Crippen LogP contribution < -0.4 is 120 Å². The third kappa shape index (κ3) is 27.7. The van der Waals surface area contributed by atoms with Crippen LogP contribution in [0.4, 0.5) is 98.7 Å². The van der Waals surface area contributed by atoms with Gasteiger partial charge in [0, 0.05) is 147 Å². The van der Waals surface area contributed by atoms with E-state index in [-0.39, 0.29) is 135 Å². The number of alkyl halides is 12. The fourth-order valence-electron chi connectivity index (χ4n) is 14.4. The Labute approximate surface area is 790 Å². The molecule has 22 N–H and O–H groups in total. The third-order valence-electron chi connectivity index (χ3n) is 20.8. The largest absolute Gasteiger partial charge is 1.00 e. The number of ketones is 1. The van der Waals surface area contributed by atoms with E-state index in [0.29, 0.717) is 153 Å². The third-order valence-corrected chi connectivity index (χ3v) is 26.2. The van der Waals surface area contributed by atoms with E-state index in [4.69, 9.17) is 95.0 Å². The van der Waals surface area contributed by atoms with E-state index in [1.54, 1.807) is 53.9 Å². The van der Waals surface area contributed by atoms with E-state index in [2.05, 4.69) is 40.1 Å². The van der Waals surface area contributed by atoms with Crippen molar-refractivity contribution in [2.24, 2.45) is 28.7 Å². The van der Waals surface area contributed by atoms with Crippen molar-refractivity contribution in [1.82, 2.24) is 35.2 Å². The van der Waals surface area contributed by atoms with Gasteiger partial charge in [-0.1, -0.05) is 12.1 Å². The van der Waals surface area contributed by atoms with Crippen molar-refractivity contribution in [3.8, 4) is 17.2 Å². The quantitative estimate of drug-likeness (QED) is 0.0301. The Morgan fingerprint density at radius 1 is 0.511 bits per heavy atom. The molecule has 0 aliphatic carbocycles. The van der Waals surface area contributed by atoms with Crippen LogP contribution in [-0.4, -0.2) is 246 Å². The van der Waals surface area contributed by atoms with Crippen LogP contribution in [0.1, 0.15) is 115 Å². The van der Waals surface area contributed by atoms with Crippen molar-refractivity contribution in [3.05, 3.63) is 104 Å². The summed E-state index contributed by atoms with van der Waals surface area (Å²) in [5, 5.41) is 31.1. The number of hydrogen-bond acceptors (Lipinski definition) is 36. The standard InChI is InChI=1S/C22H25F3N6O3S.C17H19F3N4O4S.C16H20N4O4S2.C15H15F3N4O3S.C7H10N2O.C2H3F3O.Na.H/c23-22(24,25)11-34-15-9-16(30-21-17(15)18(26)19(35-21)20(27)33)31-7-4-12(5-8-31)29-10-14(32)13-3-1-2-6-28-13;18-17(19,20)8-26-9-7-10(23-15-11(9)12(21)13(29-15)14(22)25)24-3-1-16(2-4-24)27-5-6-28-16;1-26(22)9-8-10(19-15-11(9)12(17)13(25-15)14(18)21)20-4-2-16(3-5-20)23-6-7-24-16;16-15(17,18)6-25-8-5-9(22-3-1-7(23)2-4-22)21-14-10(8)11(19)12(26-14)13(20)24;8-5-7(10)6-3-1-2-4-9-6;3-2(4,5)1-6;;/h1-3,6,9,12,14,29,32H,4-5,7-8,10-11,26H2,(H2,27,33);7H,1-6,8,21H2,(H2,22,25);8H,2-7,17H2,1H3,(H2,18,21);5H,1-4,6,19H2,(H2,20,24);1-4,7,10H,5,8H2;6H,1H2;;/q;;;;;;+1;-1. The number of nitrogens with two attached hydrogens (primary N) is 9. The molecule has 54 heteroatoms. The number of amides is 4. The summed E-state index contributed by atoms with van der Waals surface area (Å²) in [5.41, 5.74) is 51.8. The molecular weight excluding hydrogens is 1900 g/mol. The summed E-state index contributed by atoms with van der Waals surface area (Å²) >= 11 is 3.88. The zero-order valence-electron chi connectivity index (χ0n) is 71.9. The number of Topliss-reactive ketones (excluding diaryl/α,β-unsaturated/α-hetero) is 1. The fraction of sp³-hybridized carbons (Fsp3) is 0.456. The maximum atomic E-state index is 12.8. The van der Waals surface area contributed by atoms with Gasteiger partial charge in [0.05, 0.1) is 97.8 Å². The summed E-state index contributed by atoms with van der Waals surface area (Å²) in [5.74, 6) is -2.27. The van der Waals surface area contributed by atoms with Gasteiger partial charge in [0.2, 0.25) is 0 Å². The van der Waals surface area contributed by atoms with Crippen LogP contribution in [0.2, 0.25) is 0 Å². The molecule has 6 aliphatic heterocycles. The number of aliphatic hydroxyl groups excluding tert-OH is 3. The van der Waals surface area contributed by atoms with Gasteiger partial charge in [-0.2, -0.15) is 52.7 Å². The van der Waals surface area contributed by atoms with E-state index in [1.807, 2.05) is 21.9 Å². The smallest absolute Gasteiger partial charge is 1.00 e. The molecular formula is C79H93F12N20NaO16S5. The van der Waals surface area contributed by atoms with E-state index in [0.717, 1.165) is 84.1 Å². The van der Waals surface area contributed by atoms with Crippen LogP contribution in [0.25, 0.3) is 40.9 Å². The molecule has 0 saturated carbocycles. The Balaban J connectivity index is 0.000000190. The van der Waals surface area contributed by atoms with Gasteiger partial charge in [0.15, 0.2) is 31.4 Å². The first-order valence-corrected chi connectivity index (χ1v) is 45.0. The molecule has 0 bridgehead atoms. The first-order chi connectivity index (χ1) is 62.3. The molecule has 133 heavy (non-hydrogen) atoms. The zero-order chi connectivity index (χ0) is 96.1. The van der Waals surface area contributed by atoms with Crippen LogP contribution in [0.3, 0.4) is 0 Å². The van der Waals surface area contributed by atoms with Crippen molar-refractivity contribution in [2.45, 2.75) is 111 Å². The van der Waals surface area contributed by atoms with Gasteiger partial charge in [-0.25, -0.2) is 19.9 Å². The summed E-state index contributed by atoms with van der Waals surface area (Å²) in [6.07, 6.45) is -9.70. The maximum absolute atomic E-state index is 12.8. The molecule has 4 amide bonds. The average molecular weight is 1990 g/mol. The van der Waals surface area contributed by atoms with Crippen molar-refractivity contribution < 1.29 is 160 Å². The second kappa shape index (κ2) is 45.1. The Morgan fingerprint density at radius 3 is 1.12 bits per heavy atom. The number of aromatic nitrogens is 6. The monoisotopic (exact) mass is 1990 g/mol. The number of halogens is 12. The van der Waals surface area contributed by atoms with Gasteiger partial charge in [-0.05, 0) is 43.2 Å². The van der Waals surface area contributed by atoms with Crippen molar-refractivity contribution >= 4 is 172 Å². The topological polar surface area (TPSA) is 564 Å². The molecule has 36 nitrogen and oxygen atoms in total. The van der Waals surface area contributed by atoms with Gasteiger partial charge in [0.25, 0.3) is 23.6 Å². The summed E-state index contributed by atoms with van der Waals surface area (Å²) in [6.45, 7) is 1.19. The van der Waals surface area contributed by atoms with E-state index >= 15 is 0 Å². The van der Waals surface area contributed by atoms with E-state index < -0.39 is 109 Å². The molecule has 6 fully saturated rings. The number of pyridine rings is 6. The molecule has 16 rings (SSSR count). The molecule has 0 radical (unpaired) electrons. The number of nitrogen functional groups attached to an aromatic ring is 4. The first kappa shape index (κ1) is 105. The number of nitrogens with zero attached hydrogens (tertiary/aromatic N) is 10. The van der Waals surface area contributed by atoms with Crippen LogP contribution in [0.5, 0.6) is 17.2 Å². The molecule has 6 saturated heterocycles. The van der Waals surface area contributed by atoms with E-state index in [1.165, 1.54) is 18.2 Å². The Morgan fingerprint density at radius 2 is 0.820 bits per heavy atom. The molecule has 0 aromatic carbocycles. The SMILES string of the molecule is CS(=O)c1cc(N2CCC3(CC2)OCCO3)nc2sc(C(N)=O)c(N)c12.NC(=O)c1sc2nc(N3CCC(=O)CC3)cc(OCC(F)(F)F)c2c1N.NC(=O)c1sc2nc(N3CCC(NCC(O)c4ccccn4)CC3)cc(OCC(F)(F)F)c2c1N.NC(=O)c1sc2nc(N3CCC4(CC3)OCCO4)cc(OCC(F)(F)F)c2c1N.NCC(O)c1ccccn1.OCC(F)(F)F.[H-].[Na+]. The summed E-state index contributed by atoms with van der Waals surface area (Å²) in [4.78, 5) is 94.0. The molecule has 6 aliphatic rings.